The van der Waals surface area contributed by atoms with Crippen LogP contribution in [0.4, 0.5) is 0 Å². The fraction of sp³-hybridized carbons (Fsp3) is 0.273. The van der Waals surface area contributed by atoms with Gasteiger partial charge in [-0.25, -0.2) is 4.98 Å². The molecule has 0 bridgehead atoms. The van der Waals surface area contributed by atoms with Crippen molar-refractivity contribution in [3.05, 3.63) is 29.7 Å². The number of hydrogen-bond donors (Lipinski definition) is 1. The summed E-state index contributed by atoms with van der Waals surface area (Å²) in [6.45, 7) is 1.84. The molecule has 0 fully saturated rings. The van der Waals surface area contributed by atoms with Crippen molar-refractivity contribution in [2.24, 2.45) is 0 Å². The number of pyridine rings is 1. The van der Waals surface area contributed by atoms with Crippen LogP contribution in [0.5, 0.6) is 5.88 Å². The van der Waals surface area contributed by atoms with E-state index >= 15 is 0 Å². The van der Waals surface area contributed by atoms with Gasteiger partial charge in [0.25, 0.3) is 5.91 Å². The van der Waals surface area contributed by atoms with Gasteiger partial charge in [0.05, 0.1) is 12.6 Å². The van der Waals surface area contributed by atoms with Crippen molar-refractivity contribution in [3.63, 3.8) is 0 Å². The Morgan fingerprint density at radius 3 is 2.88 bits per heavy atom. The van der Waals surface area contributed by atoms with Gasteiger partial charge in [-0.15, -0.1) is 0 Å². The molecule has 0 radical (unpaired) electrons. The molecule has 0 aliphatic rings. The Morgan fingerprint density at radius 2 is 2.25 bits per heavy atom. The normalized spacial score (nSPS) is 10.4. The molecular weight excluding hydrogens is 206 g/mol. The van der Waals surface area contributed by atoms with E-state index in [1.54, 1.807) is 14.2 Å². The average Bonchev–Trinajstić information content (AvgIpc) is 2.66. The lowest BCUT2D eigenvalue weighted by Gasteiger charge is -2.04. The van der Waals surface area contributed by atoms with Gasteiger partial charge in [-0.2, -0.15) is 0 Å². The number of amides is 1. The summed E-state index contributed by atoms with van der Waals surface area (Å²) >= 11 is 0. The lowest BCUT2D eigenvalue weighted by molar-refractivity contribution is 0.0960. The first-order valence-electron chi connectivity index (χ1n) is 4.93. The second-order valence-corrected chi connectivity index (χ2v) is 3.38. The van der Waals surface area contributed by atoms with Crippen LogP contribution in [0.2, 0.25) is 0 Å². The van der Waals surface area contributed by atoms with Gasteiger partial charge < -0.3 is 10.1 Å². The minimum absolute atomic E-state index is 0.196. The number of aryl methyl sites for hydroxylation is 1. The van der Waals surface area contributed by atoms with Crippen LogP contribution < -0.4 is 10.1 Å². The fourth-order valence-electron chi connectivity index (χ4n) is 1.72. The van der Waals surface area contributed by atoms with Crippen molar-refractivity contribution in [1.29, 1.82) is 0 Å². The van der Waals surface area contributed by atoms with Crippen LogP contribution in [0.3, 0.4) is 0 Å². The highest BCUT2D eigenvalue weighted by molar-refractivity contribution is 5.99. The first kappa shape index (κ1) is 10.5. The summed E-state index contributed by atoms with van der Waals surface area (Å²) in [5.41, 5.74) is 1.16. The smallest absolute Gasteiger partial charge is 0.271 e. The molecule has 2 aromatic rings. The Bertz CT molecular complexity index is 545. The second-order valence-electron chi connectivity index (χ2n) is 3.38. The van der Waals surface area contributed by atoms with E-state index < -0.39 is 0 Å². The van der Waals surface area contributed by atoms with E-state index in [9.17, 15) is 4.79 Å². The highest BCUT2D eigenvalue weighted by Gasteiger charge is 2.16. The molecule has 0 saturated heterocycles. The summed E-state index contributed by atoms with van der Waals surface area (Å²) in [5.74, 6) is 1.20. The predicted molar refractivity (Wildman–Crippen MR) is 59.9 cm³/mol. The number of rotatable bonds is 2. The van der Waals surface area contributed by atoms with Crippen molar-refractivity contribution in [1.82, 2.24) is 14.7 Å². The van der Waals surface area contributed by atoms with Crippen molar-refractivity contribution in [3.8, 4) is 5.88 Å². The number of carbonyl (C=O) groups is 1. The predicted octanol–water partition coefficient (Wildman–Crippen LogP) is 1.01. The highest BCUT2D eigenvalue weighted by Crippen LogP contribution is 2.20. The molecular formula is C11H13N3O2. The van der Waals surface area contributed by atoms with E-state index in [-0.39, 0.29) is 5.91 Å². The Kier molecular flexibility index (Phi) is 2.52. The number of aromatic nitrogens is 2. The SMILES string of the molecule is CNC(=O)c1nc(C)n2c(OC)cccc12. The summed E-state index contributed by atoms with van der Waals surface area (Å²) in [5, 5.41) is 2.57. The highest BCUT2D eigenvalue weighted by atomic mass is 16.5. The number of nitrogens with zero attached hydrogens (tertiary/aromatic N) is 2. The average molecular weight is 219 g/mol. The fourth-order valence-corrected chi connectivity index (χ4v) is 1.72. The van der Waals surface area contributed by atoms with Gasteiger partial charge in [-0.3, -0.25) is 9.20 Å². The van der Waals surface area contributed by atoms with Crippen molar-refractivity contribution in [2.75, 3.05) is 14.2 Å². The van der Waals surface area contributed by atoms with Crippen LogP contribution in [0, 0.1) is 6.92 Å². The Labute approximate surface area is 93.1 Å². The maximum Gasteiger partial charge on any atom is 0.271 e. The molecule has 1 amide bonds. The Hall–Kier alpha value is -2.04. The van der Waals surface area contributed by atoms with Crippen molar-refractivity contribution < 1.29 is 9.53 Å². The van der Waals surface area contributed by atoms with E-state index in [4.69, 9.17) is 4.74 Å². The van der Waals surface area contributed by atoms with E-state index in [2.05, 4.69) is 10.3 Å². The topological polar surface area (TPSA) is 55.6 Å². The maximum atomic E-state index is 11.6. The Morgan fingerprint density at radius 1 is 1.50 bits per heavy atom. The van der Waals surface area contributed by atoms with Gasteiger partial charge in [0.15, 0.2) is 11.6 Å². The van der Waals surface area contributed by atoms with Gasteiger partial charge in [0.2, 0.25) is 0 Å². The van der Waals surface area contributed by atoms with Crippen LogP contribution in [0.15, 0.2) is 18.2 Å². The molecule has 84 valence electrons. The largest absolute Gasteiger partial charge is 0.482 e. The molecule has 0 saturated carbocycles. The molecule has 0 aliphatic heterocycles. The molecule has 2 rings (SSSR count). The molecule has 2 aromatic heterocycles. The van der Waals surface area contributed by atoms with E-state index in [0.29, 0.717) is 11.6 Å². The number of methoxy groups -OCH3 is 1. The maximum absolute atomic E-state index is 11.6. The lowest BCUT2D eigenvalue weighted by Crippen LogP contribution is -2.18. The zero-order valence-electron chi connectivity index (χ0n) is 9.44. The molecule has 0 spiro atoms. The molecule has 16 heavy (non-hydrogen) atoms. The van der Waals surface area contributed by atoms with E-state index in [0.717, 1.165) is 11.3 Å². The summed E-state index contributed by atoms with van der Waals surface area (Å²) in [6.07, 6.45) is 0. The lowest BCUT2D eigenvalue weighted by atomic mass is 10.3. The Balaban J connectivity index is 2.76. The van der Waals surface area contributed by atoms with Crippen molar-refractivity contribution in [2.45, 2.75) is 6.92 Å². The third kappa shape index (κ3) is 1.41. The summed E-state index contributed by atoms with van der Waals surface area (Å²) in [6, 6.07) is 5.50. The molecule has 0 atom stereocenters. The molecule has 0 unspecified atom stereocenters. The van der Waals surface area contributed by atoms with Crippen LogP contribution in [-0.2, 0) is 0 Å². The molecule has 2 heterocycles. The number of imidazole rings is 1. The minimum Gasteiger partial charge on any atom is -0.482 e. The second kappa shape index (κ2) is 3.84. The van der Waals surface area contributed by atoms with Gasteiger partial charge >= 0.3 is 0 Å². The van der Waals surface area contributed by atoms with Gasteiger partial charge in [0, 0.05) is 7.05 Å². The quantitative estimate of drug-likeness (QED) is 0.820. The summed E-state index contributed by atoms with van der Waals surface area (Å²) in [4.78, 5) is 15.9. The number of hydrogen-bond acceptors (Lipinski definition) is 3. The standard InChI is InChI=1S/C11H13N3O2/c1-7-13-10(11(15)12-2)8-5-4-6-9(16-3)14(7)8/h4-6H,1-3H3,(H,12,15). The number of nitrogens with one attached hydrogen (secondary N) is 1. The molecule has 0 aliphatic carbocycles. The van der Waals surface area contributed by atoms with E-state index in [1.165, 1.54) is 0 Å². The number of ether oxygens (including phenoxy) is 1. The summed E-state index contributed by atoms with van der Waals surface area (Å²) < 4.78 is 7.04. The third-order valence-corrected chi connectivity index (χ3v) is 2.45. The van der Waals surface area contributed by atoms with Gasteiger partial charge in [-0.05, 0) is 19.1 Å². The van der Waals surface area contributed by atoms with Crippen molar-refractivity contribution >= 4 is 11.4 Å². The van der Waals surface area contributed by atoms with Crippen LogP contribution in [-0.4, -0.2) is 29.4 Å². The van der Waals surface area contributed by atoms with Gasteiger partial charge in [-0.1, -0.05) is 6.07 Å². The molecule has 5 heteroatoms. The van der Waals surface area contributed by atoms with Crippen LogP contribution in [0.25, 0.3) is 5.52 Å². The van der Waals surface area contributed by atoms with E-state index in [1.807, 2.05) is 29.5 Å². The summed E-state index contributed by atoms with van der Waals surface area (Å²) in [7, 11) is 3.18. The monoisotopic (exact) mass is 219 g/mol. The van der Waals surface area contributed by atoms with Gasteiger partial charge in [0.1, 0.15) is 5.82 Å². The zero-order valence-corrected chi connectivity index (χ0v) is 9.44. The first-order chi connectivity index (χ1) is 7.69. The zero-order chi connectivity index (χ0) is 11.7. The molecule has 5 nitrogen and oxygen atoms in total. The number of carbonyl (C=O) groups excluding carboxylic acids is 1. The minimum atomic E-state index is -0.196. The van der Waals surface area contributed by atoms with Crippen LogP contribution >= 0.6 is 0 Å². The third-order valence-electron chi connectivity index (χ3n) is 2.45. The first-order valence-corrected chi connectivity index (χ1v) is 4.93. The number of fused-ring (bicyclic) bond motifs is 1. The van der Waals surface area contributed by atoms with Crippen LogP contribution in [0.1, 0.15) is 16.3 Å². The molecule has 1 N–H and O–H groups in total. The molecule has 0 aromatic carbocycles.